The zero-order chi connectivity index (χ0) is 27.3. The molecule has 0 amide bonds. The van der Waals surface area contributed by atoms with Gasteiger partial charge in [-0.15, -0.1) is 11.3 Å². The number of aromatic hydroxyl groups is 1. The standard InChI is InChI=1S/C34H31NO4S/c36-30-11-5-4-10-28(30)34-32(29-17-16-27(22-31(29)40-34)39-23-24-8-2-1-3-9-24)33(37)25-12-14-26(15-13-25)38-21-20-35-18-6-7-19-35/h1-5,8-17,22,36H,6-7,18-21,23H2. The minimum absolute atomic E-state index is 0.0916. The van der Waals surface area contributed by atoms with Crippen LogP contribution in [0.4, 0.5) is 0 Å². The molecule has 0 atom stereocenters. The largest absolute Gasteiger partial charge is 0.507 e. The van der Waals surface area contributed by atoms with Crippen molar-refractivity contribution in [2.75, 3.05) is 26.2 Å². The first kappa shape index (κ1) is 26.1. The van der Waals surface area contributed by atoms with Crippen LogP contribution in [0.2, 0.25) is 0 Å². The average Bonchev–Trinajstić information content (AvgIpc) is 3.65. The fraction of sp³-hybridized carbons (Fsp3) is 0.206. The predicted octanol–water partition coefficient (Wildman–Crippen LogP) is 7.56. The molecule has 40 heavy (non-hydrogen) atoms. The number of carbonyl (C=O) groups excluding carboxylic acids is 1. The van der Waals surface area contributed by atoms with Crippen molar-refractivity contribution >= 4 is 27.2 Å². The molecule has 1 aliphatic heterocycles. The molecule has 1 saturated heterocycles. The summed E-state index contributed by atoms with van der Waals surface area (Å²) in [6.07, 6.45) is 2.53. The topological polar surface area (TPSA) is 59.0 Å². The van der Waals surface area contributed by atoms with Crippen LogP contribution in [0.15, 0.2) is 97.1 Å². The molecule has 1 aromatic heterocycles. The quantitative estimate of drug-likeness (QED) is 0.182. The maximum absolute atomic E-state index is 14.0. The summed E-state index contributed by atoms with van der Waals surface area (Å²) in [6, 6.07) is 30.4. The molecule has 6 heteroatoms. The normalized spacial score (nSPS) is 13.5. The van der Waals surface area contributed by atoms with Gasteiger partial charge in [0.15, 0.2) is 5.78 Å². The third-order valence-corrected chi connectivity index (χ3v) is 8.46. The first-order valence-corrected chi connectivity index (χ1v) is 14.5. The third kappa shape index (κ3) is 5.74. The van der Waals surface area contributed by atoms with Crippen LogP contribution in [-0.4, -0.2) is 42.0 Å². The van der Waals surface area contributed by atoms with Gasteiger partial charge in [-0.2, -0.15) is 0 Å². The van der Waals surface area contributed by atoms with Crippen molar-refractivity contribution in [2.45, 2.75) is 19.4 Å². The second-order valence-electron chi connectivity index (χ2n) is 10.0. The van der Waals surface area contributed by atoms with E-state index >= 15 is 0 Å². The number of benzene rings is 4. The minimum Gasteiger partial charge on any atom is -0.507 e. The molecular weight excluding hydrogens is 518 g/mol. The van der Waals surface area contributed by atoms with Crippen LogP contribution >= 0.6 is 11.3 Å². The smallest absolute Gasteiger partial charge is 0.195 e. The van der Waals surface area contributed by atoms with Gasteiger partial charge in [-0.25, -0.2) is 0 Å². The van der Waals surface area contributed by atoms with Crippen LogP contribution in [-0.2, 0) is 6.61 Å². The molecule has 0 spiro atoms. The number of ether oxygens (including phenoxy) is 2. The second-order valence-corrected chi connectivity index (χ2v) is 11.1. The number of thiophene rings is 1. The van der Waals surface area contributed by atoms with Crippen molar-refractivity contribution in [1.82, 2.24) is 4.90 Å². The first-order valence-electron chi connectivity index (χ1n) is 13.7. The van der Waals surface area contributed by atoms with Gasteiger partial charge in [-0.3, -0.25) is 9.69 Å². The maximum Gasteiger partial charge on any atom is 0.195 e. The Morgan fingerprint density at radius 1 is 0.825 bits per heavy atom. The van der Waals surface area contributed by atoms with Gasteiger partial charge in [0.05, 0.1) is 4.88 Å². The molecule has 1 aliphatic rings. The highest BCUT2D eigenvalue weighted by Gasteiger charge is 2.23. The van der Waals surface area contributed by atoms with Crippen LogP contribution in [0.5, 0.6) is 17.2 Å². The first-order chi connectivity index (χ1) is 19.7. The van der Waals surface area contributed by atoms with Crippen molar-refractivity contribution < 1.29 is 19.4 Å². The van der Waals surface area contributed by atoms with E-state index in [1.165, 1.54) is 24.2 Å². The predicted molar refractivity (Wildman–Crippen MR) is 161 cm³/mol. The fourth-order valence-corrected chi connectivity index (χ4v) is 6.40. The Bertz CT molecular complexity index is 1600. The highest BCUT2D eigenvalue weighted by Crippen LogP contribution is 2.44. The Morgan fingerprint density at radius 2 is 1.55 bits per heavy atom. The van der Waals surface area contributed by atoms with Gasteiger partial charge in [0.2, 0.25) is 0 Å². The van der Waals surface area contributed by atoms with Crippen molar-refractivity contribution in [3.63, 3.8) is 0 Å². The van der Waals surface area contributed by atoms with Gasteiger partial charge < -0.3 is 14.6 Å². The number of phenolic OH excluding ortho intramolecular Hbond substituents is 1. The lowest BCUT2D eigenvalue weighted by molar-refractivity contribution is 0.104. The summed E-state index contributed by atoms with van der Waals surface area (Å²) in [5, 5.41) is 11.5. The number of rotatable bonds is 10. The molecular formula is C34H31NO4S. The van der Waals surface area contributed by atoms with E-state index in [1.807, 2.05) is 84.9 Å². The van der Waals surface area contributed by atoms with Gasteiger partial charge >= 0.3 is 0 Å². The zero-order valence-electron chi connectivity index (χ0n) is 22.2. The minimum atomic E-state index is -0.0916. The van der Waals surface area contributed by atoms with Gasteiger partial charge in [0, 0.05) is 33.3 Å². The van der Waals surface area contributed by atoms with Crippen LogP contribution in [0.1, 0.15) is 34.3 Å². The molecule has 5 aromatic rings. The summed E-state index contributed by atoms with van der Waals surface area (Å²) in [4.78, 5) is 17.1. The lowest BCUT2D eigenvalue weighted by Crippen LogP contribution is -2.25. The number of likely N-dealkylation sites (tertiary alicyclic amines) is 1. The molecule has 0 radical (unpaired) electrons. The van der Waals surface area contributed by atoms with E-state index in [1.54, 1.807) is 12.1 Å². The Labute approximate surface area is 238 Å². The third-order valence-electron chi connectivity index (χ3n) is 7.28. The molecule has 0 bridgehead atoms. The summed E-state index contributed by atoms with van der Waals surface area (Å²) >= 11 is 1.49. The molecule has 1 N–H and O–H groups in total. The average molecular weight is 550 g/mol. The van der Waals surface area contributed by atoms with E-state index < -0.39 is 0 Å². The lowest BCUT2D eigenvalue weighted by Gasteiger charge is -2.15. The van der Waals surface area contributed by atoms with E-state index in [0.29, 0.717) is 29.9 Å². The molecule has 202 valence electrons. The van der Waals surface area contributed by atoms with E-state index in [9.17, 15) is 9.90 Å². The molecule has 2 heterocycles. The monoisotopic (exact) mass is 549 g/mol. The Balaban J connectivity index is 1.28. The Morgan fingerprint density at radius 3 is 2.33 bits per heavy atom. The lowest BCUT2D eigenvalue weighted by atomic mass is 9.97. The van der Waals surface area contributed by atoms with Crippen LogP contribution in [0, 0.1) is 0 Å². The molecule has 1 fully saturated rings. The van der Waals surface area contributed by atoms with E-state index in [0.717, 1.165) is 51.7 Å². The Kier molecular flexibility index (Phi) is 7.80. The number of nitrogens with zero attached hydrogens (tertiary/aromatic N) is 1. The molecule has 6 rings (SSSR count). The molecule has 4 aromatic carbocycles. The van der Waals surface area contributed by atoms with Gasteiger partial charge in [0.25, 0.3) is 0 Å². The summed E-state index contributed by atoms with van der Waals surface area (Å²) in [5.41, 5.74) is 2.88. The SMILES string of the molecule is O=C(c1ccc(OCCN2CCCC2)cc1)c1c(-c2ccccc2O)sc2cc(OCc3ccccc3)ccc12. The maximum atomic E-state index is 14.0. The van der Waals surface area contributed by atoms with E-state index in [-0.39, 0.29) is 11.5 Å². The number of hydrogen-bond acceptors (Lipinski definition) is 6. The van der Waals surface area contributed by atoms with Crippen molar-refractivity contribution in [2.24, 2.45) is 0 Å². The van der Waals surface area contributed by atoms with Crippen LogP contribution in [0.3, 0.4) is 0 Å². The number of fused-ring (bicyclic) bond motifs is 1. The number of ketones is 1. The highest BCUT2D eigenvalue weighted by molar-refractivity contribution is 7.22. The van der Waals surface area contributed by atoms with Crippen molar-refractivity contribution in [1.29, 1.82) is 0 Å². The van der Waals surface area contributed by atoms with Crippen LogP contribution in [0.25, 0.3) is 20.5 Å². The molecule has 0 aliphatic carbocycles. The van der Waals surface area contributed by atoms with Crippen molar-refractivity contribution in [3.8, 4) is 27.7 Å². The number of para-hydroxylation sites is 1. The van der Waals surface area contributed by atoms with Crippen molar-refractivity contribution in [3.05, 3.63) is 114 Å². The van der Waals surface area contributed by atoms with Gasteiger partial charge in [-0.05, 0) is 86.1 Å². The summed E-state index contributed by atoms with van der Waals surface area (Å²) in [6.45, 7) is 4.30. The number of carbonyl (C=O) groups is 1. The molecule has 5 nitrogen and oxygen atoms in total. The number of phenols is 1. The highest BCUT2D eigenvalue weighted by atomic mass is 32.1. The number of hydrogen-bond donors (Lipinski definition) is 1. The summed E-state index contributed by atoms with van der Waals surface area (Å²) in [5.74, 6) is 1.54. The Hall–Kier alpha value is -4.13. The zero-order valence-corrected chi connectivity index (χ0v) is 23.0. The molecule has 0 saturated carbocycles. The summed E-state index contributed by atoms with van der Waals surface area (Å²) in [7, 11) is 0. The van der Waals surface area contributed by atoms with Crippen LogP contribution < -0.4 is 9.47 Å². The van der Waals surface area contributed by atoms with Gasteiger partial charge in [-0.1, -0.05) is 42.5 Å². The van der Waals surface area contributed by atoms with E-state index in [4.69, 9.17) is 9.47 Å². The fourth-order valence-electron chi connectivity index (χ4n) is 5.13. The van der Waals surface area contributed by atoms with E-state index in [2.05, 4.69) is 4.90 Å². The second kappa shape index (κ2) is 11.9. The molecule has 0 unspecified atom stereocenters. The summed E-state index contributed by atoms with van der Waals surface area (Å²) < 4.78 is 12.9. The van der Waals surface area contributed by atoms with Gasteiger partial charge in [0.1, 0.15) is 30.5 Å².